The predicted molar refractivity (Wildman–Crippen MR) is 139 cm³/mol. The van der Waals surface area contributed by atoms with E-state index in [1.54, 1.807) is 70.3 Å². The van der Waals surface area contributed by atoms with Crippen molar-refractivity contribution in [2.45, 2.75) is 46.3 Å². The van der Waals surface area contributed by atoms with Gasteiger partial charge in [-0.15, -0.1) is 0 Å². The minimum absolute atomic E-state index is 0.0539. The molecule has 1 aromatic carbocycles. The normalized spacial score (nSPS) is 19.1. The van der Waals surface area contributed by atoms with Crippen molar-refractivity contribution in [1.82, 2.24) is 9.88 Å². The maximum Gasteiger partial charge on any atom is 0.358 e. The third-order valence-corrected chi connectivity index (χ3v) is 6.43. The van der Waals surface area contributed by atoms with Crippen molar-refractivity contribution in [3.63, 3.8) is 0 Å². The Hall–Kier alpha value is -4.25. The van der Waals surface area contributed by atoms with E-state index in [9.17, 15) is 24.3 Å². The molecule has 2 aliphatic rings. The highest BCUT2D eigenvalue weighted by Gasteiger charge is 2.57. The number of amides is 2. The average Bonchev–Trinajstić information content (AvgIpc) is 3.22. The lowest BCUT2D eigenvalue weighted by molar-refractivity contribution is -0.175. The minimum Gasteiger partial charge on any atom is -0.484 e. The molecule has 11 nitrogen and oxygen atoms in total. The number of ether oxygens (including phenoxy) is 3. The van der Waals surface area contributed by atoms with Crippen LogP contribution in [0.25, 0.3) is 5.57 Å². The molecule has 2 aliphatic heterocycles. The van der Waals surface area contributed by atoms with Crippen molar-refractivity contribution < 1.29 is 38.5 Å². The molecule has 11 heteroatoms. The van der Waals surface area contributed by atoms with Crippen LogP contribution >= 0.6 is 0 Å². The Balaban J connectivity index is 1.46. The zero-order chi connectivity index (χ0) is 28.3. The van der Waals surface area contributed by atoms with Crippen molar-refractivity contribution in [2.75, 3.05) is 18.7 Å². The number of rotatable bonds is 9. The molecular weight excluding hydrogens is 506 g/mol. The topological polar surface area (TPSA) is 144 Å². The number of nitrogens with one attached hydrogen (secondary N) is 1. The molecule has 1 saturated heterocycles. The quantitative estimate of drug-likeness (QED) is 0.280. The fourth-order valence-corrected chi connectivity index (χ4v) is 4.47. The van der Waals surface area contributed by atoms with Gasteiger partial charge in [-0.3, -0.25) is 19.4 Å². The highest BCUT2D eigenvalue weighted by atomic mass is 16.7. The molecule has 0 spiro atoms. The van der Waals surface area contributed by atoms with Gasteiger partial charge in [0.15, 0.2) is 6.61 Å². The van der Waals surface area contributed by atoms with Crippen LogP contribution in [-0.4, -0.2) is 64.3 Å². The van der Waals surface area contributed by atoms with E-state index in [4.69, 9.17) is 14.2 Å². The summed E-state index contributed by atoms with van der Waals surface area (Å²) in [6.07, 6.45) is 2.58. The van der Waals surface area contributed by atoms with E-state index in [1.165, 1.54) is 11.1 Å². The number of pyridine rings is 1. The van der Waals surface area contributed by atoms with Crippen LogP contribution in [0.5, 0.6) is 5.75 Å². The number of aliphatic hydroxyl groups is 1. The van der Waals surface area contributed by atoms with Crippen LogP contribution in [-0.2, 0) is 28.7 Å². The Morgan fingerprint density at radius 3 is 2.49 bits per heavy atom. The number of β-lactam (4-membered cyclic amide) rings is 1. The highest BCUT2D eigenvalue weighted by Crippen LogP contribution is 2.47. The first kappa shape index (κ1) is 27.8. The Morgan fingerprint density at radius 2 is 1.87 bits per heavy atom. The second-order valence-electron chi connectivity index (χ2n) is 10.4. The Morgan fingerprint density at radius 1 is 1.15 bits per heavy atom. The zero-order valence-corrected chi connectivity index (χ0v) is 22.2. The summed E-state index contributed by atoms with van der Waals surface area (Å²) in [5, 5.41) is 12.8. The number of hydrogen-bond acceptors (Lipinski definition) is 9. The summed E-state index contributed by atoms with van der Waals surface area (Å²) in [6, 6.07) is 9.75. The molecule has 2 N–H and O–H groups in total. The van der Waals surface area contributed by atoms with Crippen LogP contribution < -0.4 is 10.1 Å². The third-order valence-electron chi connectivity index (χ3n) is 6.43. The van der Waals surface area contributed by atoms with Crippen LogP contribution in [0.3, 0.4) is 0 Å². The lowest BCUT2D eigenvalue weighted by atomic mass is 9.82. The number of esters is 2. The van der Waals surface area contributed by atoms with Gasteiger partial charge in [0.1, 0.15) is 11.4 Å². The third kappa shape index (κ3) is 6.09. The first-order chi connectivity index (χ1) is 18.5. The Bertz CT molecular complexity index is 1280. The van der Waals surface area contributed by atoms with Crippen molar-refractivity contribution in [1.29, 1.82) is 0 Å². The van der Waals surface area contributed by atoms with Gasteiger partial charge in [-0.05, 0) is 69.5 Å². The molecule has 206 valence electrons. The molecule has 0 unspecified atom stereocenters. The van der Waals surface area contributed by atoms with Gasteiger partial charge in [-0.1, -0.05) is 12.1 Å². The van der Waals surface area contributed by atoms with Crippen molar-refractivity contribution in [3.05, 3.63) is 60.1 Å². The molecule has 1 aromatic heterocycles. The van der Waals surface area contributed by atoms with E-state index in [1.807, 2.05) is 0 Å². The number of benzene rings is 1. The minimum atomic E-state index is -0.878. The summed E-state index contributed by atoms with van der Waals surface area (Å²) >= 11 is 0. The fraction of sp³-hybridized carbons (Fsp3) is 0.393. The van der Waals surface area contributed by atoms with Crippen LogP contribution in [0.1, 0.15) is 39.7 Å². The number of hydrogen-bond donors (Lipinski definition) is 2. The number of aliphatic hydroxyl groups excluding tert-OH is 1. The second kappa shape index (κ2) is 11.2. The monoisotopic (exact) mass is 537 g/mol. The smallest absolute Gasteiger partial charge is 0.358 e. The number of carbonyl (C=O) groups is 4. The van der Waals surface area contributed by atoms with Gasteiger partial charge < -0.3 is 29.5 Å². The van der Waals surface area contributed by atoms with Gasteiger partial charge in [0.05, 0.1) is 35.4 Å². The van der Waals surface area contributed by atoms with E-state index in [0.29, 0.717) is 29.0 Å². The summed E-state index contributed by atoms with van der Waals surface area (Å²) in [7, 11) is 0. The maximum absolute atomic E-state index is 13.1. The zero-order valence-electron chi connectivity index (χ0n) is 22.2. The maximum atomic E-state index is 13.1. The molecule has 0 aliphatic carbocycles. The number of anilines is 1. The molecule has 39 heavy (non-hydrogen) atoms. The summed E-state index contributed by atoms with van der Waals surface area (Å²) in [4.78, 5) is 55.3. The molecule has 0 bridgehead atoms. The molecule has 0 radical (unpaired) electrons. The molecule has 3 heterocycles. The number of nitrogens with zero attached hydrogens (tertiary/aromatic N) is 2. The van der Waals surface area contributed by atoms with E-state index >= 15 is 0 Å². The molecule has 1 fully saturated rings. The van der Waals surface area contributed by atoms with Crippen LogP contribution in [0.15, 0.2) is 54.5 Å². The predicted octanol–water partition coefficient (Wildman–Crippen LogP) is 2.51. The van der Waals surface area contributed by atoms with Crippen LogP contribution in [0.2, 0.25) is 0 Å². The van der Waals surface area contributed by atoms with Crippen molar-refractivity contribution in [3.8, 4) is 5.75 Å². The lowest BCUT2D eigenvalue weighted by Crippen LogP contribution is -2.61. The number of fused-ring (bicyclic) bond motifs is 1. The van der Waals surface area contributed by atoms with Gasteiger partial charge in [-0.2, -0.15) is 0 Å². The van der Waals surface area contributed by atoms with Gasteiger partial charge in [0.2, 0.25) is 12.7 Å². The highest BCUT2D eigenvalue weighted by molar-refractivity contribution is 6.06. The Labute approximate surface area is 225 Å². The van der Waals surface area contributed by atoms with Gasteiger partial charge in [0.25, 0.3) is 5.91 Å². The van der Waals surface area contributed by atoms with Gasteiger partial charge in [0, 0.05) is 6.20 Å². The molecule has 2 amide bonds. The average molecular weight is 538 g/mol. The van der Waals surface area contributed by atoms with Gasteiger partial charge >= 0.3 is 11.9 Å². The summed E-state index contributed by atoms with van der Waals surface area (Å²) < 4.78 is 15.8. The molecule has 0 saturated carbocycles. The first-order valence-electron chi connectivity index (χ1n) is 12.5. The van der Waals surface area contributed by atoms with E-state index < -0.39 is 36.2 Å². The number of aromatic nitrogens is 1. The standard InChI is InChI=1S/C28H31N3O8/c1-16(32)23-21-12-20(24(31(21)25(23)34)26(35)38-15-39-27(36)28(2,3)4)17-7-9-19(10-8-17)37-14-22(33)30-18-6-5-11-29-13-18/h5-11,13,16,21,23,32H,12,14-15H2,1-4H3,(H,30,33)/t16-,21-,23-/m1/s1. The Kier molecular flexibility index (Phi) is 8.01. The molecule has 3 atom stereocenters. The fourth-order valence-electron chi connectivity index (χ4n) is 4.47. The van der Waals surface area contributed by atoms with Crippen molar-refractivity contribution in [2.24, 2.45) is 11.3 Å². The number of carbonyl (C=O) groups excluding carboxylic acids is 4. The van der Waals surface area contributed by atoms with Crippen LogP contribution in [0, 0.1) is 11.3 Å². The molecular formula is C28H31N3O8. The first-order valence-corrected chi connectivity index (χ1v) is 12.5. The lowest BCUT2D eigenvalue weighted by Gasteiger charge is -2.44. The van der Waals surface area contributed by atoms with Crippen LogP contribution in [0.4, 0.5) is 5.69 Å². The summed E-state index contributed by atoms with van der Waals surface area (Å²) in [6.45, 7) is 5.76. The second-order valence-corrected chi connectivity index (χ2v) is 10.4. The van der Waals surface area contributed by atoms with E-state index in [0.717, 1.165) is 0 Å². The SMILES string of the molecule is C[C@@H](O)[C@H]1C(=O)N2C(C(=O)OCOC(=O)C(C)(C)C)=C(c3ccc(OCC(=O)Nc4cccnc4)cc3)C[C@H]12. The molecule has 2 aromatic rings. The summed E-state index contributed by atoms with van der Waals surface area (Å²) in [5.74, 6) is -2.27. The molecule has 4 rings (SSSR count). The van der Waals surface area contributed by atoms with Gasteiger partial charge in [-0.25, -0.2) is 4.79 Å². The van der Waals surface area contributed by atoms with E-state index in [2.05, 4.69) is 10.3 Å². The van der Waals surface area contributed by atoms with E-state index in [-0.39, 0.29) is 30.2 Å². The summed E-state index contributed by atoms with van der Waals surface area (Å²) in [5.41, 5.74) is 1.04. The largest absolute Gasteiger partial charge is 0.484 e. The van der Waals surface area contributed by atoms with Crippen molar-refractivity contribution >= 4 is 35.0 Å².